The first-order valence-electron chi connectivity index (χ1n) is 4.07. The lowest BCUT2D eigenvalue weighted by atomic mass is 10.1. The zero-order chi connectivity index (χ0) is 8.10. The molecule has 0 N–H and O–H groups in total. The van der Waals surface area contributed by atoms with Gasteiger partial charge in [0.1, 0.15) is 5.78 Å². The van der Waals surface area contributed by atoms with Crippen LogP contribution >= 0.6 is 0 Å². The summed E-state index contributed by atoms with van der Waals surface area (Å²) in [5, 5.41) is 0. The molecule has 1 aliphatic rings. The lowest BCUT2D eigenvalue weighted by Gasteiger charge is -1.96. The van der Waals surface area contributed by atoms with Crippen LogP contribution in [-0.2, 0) is 4.79 Å². The summed E-state index contributed by atoms with van der Waals surface area (Å²) < 4.78 is 11.6. The van der Waals surface area contributed by atoms with Crippen molar-refractivity contribution < 1.29 is 9.18 Å². The number of alkyl halides is 1. The topological polar surface area (TPSA) is 17.1 Å². The van der Waals surface area contributed by atoms with Crippen LogP contribution < -0.4 is 0 Å². The Morgan fingerprint density at radius 3 is 3.00 bits per heavy atom. The van der Waals surface area contributed by atoms with Gasteiger partial charge < -0.3 is 0 Å². The number of rotatable bonds is 3. The molecule has 0 spiro atoms. The first-order chi connectivity index (χ1) is 5.33. The fourth-order valence-corrected chi connectivity index (χ4v) is 1.36. The number of Topliss-reactive ketones (excluding diaryl/α,β-unsaturated/α-hetero) is 1. The third-order valence-electron chi connectivity index (χ3n) is 1.97. The van der Waals surface area contributed by atoms with Gasteiger partial charge >= 0.3 is 0 Å². The highest BCUT2D eigenvalue weighted by Crippen LogP contribution is 2.22. The van der Waals surface area contributed by atoms with E-state index >= 15 is 0 Å². The summed E-state index contributed by atoms with van der Waals surface area (Å²) in [6, 6.07) is 0. The molecule has 62 valence electrons. The van der Waals surface area contributed by atoms with E-state index in [0.717, 1.165) is 6.42 Å². The Kier molecular flexibility index (Phi) is 3.27. The molecule has 0 aliphatic heterocycles. The summed E-state index contributed by atoms with van der Waals surface area (Å²) in [5.41, 5.74) is 0. The number of halogens is 1. The molecule has 2 heteroatoms. The maximum atomic E-state index is 11.6. The van der Waals surface area contributed by atoms with Gasteiger partial charge in [-0.15, -0.1) is 0 Å². The molecule has 1 fully saturated rings. The van der Waals surface area contributed by atoms with Crippen LogP contribution in [0.15, 0.2) is 12.2 Å². The van der Waals surface area contributed by atoms with Gasteiger partial charge in [0.2, 0.25) is 0 Å². The van der Waals surface area contributed by atoms with Gasteiger partial charge in [0.05, 0.1) is 6.67 Å². The second kappa shape index (κ2) is 4.27. The van der Waals surface area contributed by atoms with E-state index in [9.17, 15) is 9.18 Å². The van der Waals surface area contributed by atoms with Crippen molar-refractivity contribution in [1.29, 1.82) is 0 Å². The van der Waals surface area contributed by atoms with Gasteiger partial charge in [-0.25, -0.2) is 0 Å². The third kappa shape index (κ3) is 2.83. The summed E-state index contributed by atoms with van der Waals surface area (Å²) in [7, 11) is 0. The number of hydrogen-bond acceptors (Lipinski definition) is 1. The van der Waals surface area contributed by atoms with Crippen LogP contribution in [0.5, 0.6) is 0 Å². The molecule has 0 aromatic heterocycles. The van der Waals surface area contributed by atoms with E-state index in [1.807, 2.05) is 12.2 Å². The van der Waals surface area contributed by atoms with Gasteiger partial charge in [0.25, 0.3) is 0 Å². The van der Waals surface area contributed by atoms with Crippen molar-refractivity contribution in [3.8, 4) is 0 Å². The highest BCUT2D eigenvalue weighted by Gasteiger charge is 2.18. The SMILES string of the molecule is O=C1CCC(/C=C/CCF)C1. The minimum absolute atomic E-state index is 0.294. The summed E-state index contributed by atoms with van der Waals surface area (Å²) in [6.45, 7) is -0.294. The maximum absolute atomic E-state index is 11.6. The predicted molar refractivity (Wildman–Crippen MR) is 42.1 cm³/mol. The molecular formula is C9H13FO. The number of ketones is 1. The summed E-state index contributed by atoms with van der Waals surface area (Å²) in [4.78, 5) is 10.8. The Morgan fingerprint density at radius 2 is 2.45 bits per heavy atom. The number of hydrogen-bond donors (Lipinski definition) is 0. The quantitative estimate of drug-likeness (QED) is 0.573. The predicted octanol–water partition coefficient (Wildman–Crippen LogP) is 2.27. The van der Waals surface area contributed by atoms with Crippen LogP contribution in [0.4, 0.5) is 4.39 Å². The van der Waals surface area contributed by atoms with Crippen molar-refractivity contribution in [1.82, 2.24) is 0 Å². The van der Waals surface area contributed by atoms with E-state index in [-0.39, 0.29) is 6.67 Å². The monoisotopic (exact) mass is 156 g/mol. The Hall–Kier alpha value is -0.660. The maximum Gasteiger partial charge on any atom is 0.133 e. The zero-order valence-electron chi connectivity index (χ0n) is 6.55. The van der Waals surface area contributed by atoms with Crippen molar-refractivity contribution in [3.05, 3.63) is 12.2 Å². The van der Waals surface area contributed by atoms with Crippen molar-refractivity contribution in [2.45, 2.75) is 25.7 Å². The number of allylic oxidation sites excluding steroid dienone is 2. The first kappa shape index (κ1) is 8.44. The van der Waals surface area contributed by atoms with Gasteiger partial charge in [0, 0.05) is 12.8 Å². The van der Waals surface area contributed by atoms with Crippen molar-refractivity contribution in [2.24, 2.45) is 5.92 Å². The summed E-state index contributed by atoms with van der Waals surface area (Å²) in [5.74, 6) is 0.744. The smallest absolute Gasteiger partial charge is 0.133 e. The molecule has 0 radical (unpaired) electrons. The van der Waals surface area contributed by atoms with Gasteiger partial charge in [-0.1, -0.05) is 12.2 Å². The molecule has 1 aliphatic carbocycles. The van der Waals surface area contributed by atoms with Gasteiger partial charge in [0.15, 0.2) is 0 Å². The van der Waals surface area contributed by atoms with Crippen LogP contribution in [0.3, 0.4) is 0 Å². The highest BCUT2D eigenvalue weighted by molar-refractivity contribution is 5.80. The van der Waals surface area contributed by atoms with Crippen LogP contribution in [-0.4, -0.2) is 12.5 Å². The Bertz CT molecular complexity index is 163. The largest absolute Gasteiger partial charge is 0.300 e. The average Bonchev–Trinajstić information content (AvgIpc) is 2.37. The molecule has 0 heterocycles. The molecule has 0 saturated heterocycles. The molecule has 0 amide bonds. The Balaban J connectivity index is 2.22. The van der Waals surface area contributed by atoms with Gasteiger partial charge in [-0.05, 0) is 18.8 Å². The van der Waals surface area contributed by atoms with E-state index in [4.69, 9.17) is 0 Å². The van der Waals surface area contributed by atoms with Gasteiger partial charge in [-0.2, -0.15) is 0 Å². The van der Waals surface area contributed by atoms with Crippen LogP contribution in [0.1, 0.15) is 25.7 Å². The van der Waals surface area contributed by atoms with Crippen molar-refractivity contribution in [3.63, 3.8) is 0 Å². The summed E-state index contributed by atoms with van der Waals surface area (Å²) in [6.07, 6.45) is 6.65. The van der Waals surface area contributed by atoms with E-state index in [1.165, 1.54) is 0 Å². The molecule has 0 aromatic rings. The van der Waals surface area contributed by atoms with Crippen molar-refractivity contribution >= 4 is 5.78 Å². The molecular weight excluding hydrogens is 143 g/mol. The minimum atomic E-state index is -0.294. The Morgan fingerprint density at radius 1 is 1.64 bits per heavy atom. The molecule has 11 heavy (non-hydrogen) atoms. The number of carbonyl (C=O) groups excluding carboxylic acids is 1. The second-order valence-corrected chi connectivity index (χ2v) is 2.95. The summed E-state index contributed by atoms with van der Waals surface area (Å²) >= 11 is 0. The lowest BCUT2D eigenvalue weighted by molar-refractivity contribution is -0.117. The van der Waals surface area contributed by atoms with E-state index < -0.39 is 0 Å². The normalized spacial score (nSPS) is 25.2. The molecule has 1 atom stereocenters. The zero-order valence-corrected chi connectivity index (χ0v) is 6.55. The van der Waals surface area contributed by atoms with Crippen LogP contribution in [0.2, 0.25) is 0 Å². The number of carbonyl (C=O) groups is 1. The highest BCUT2D eigenvalue weighted by atomic mass is 19.1. The fourth-order valence-electron chi connectivity index (χ4n) is 1.36. The van der Waals surface area contributed by atoms with E-state index in [0.29, 0.717) is 31.0 Å². The molecule has 0 bridgehead atoms. The lowest BCUT2D eigenvalue weighted by Crippen LogP contribution is -1.89. The first-order valence-corrected chi connectivity index (χ1v) is 4.07. The Labute approximate surface area is 66.3 Å². The molecule has 1 nitrogen and oxygen atoms in total. The standard InChI is InChI=1S/C9H13FO/c10-6-2-1-3-8-4-5-9(11)7-8/h1,3,8H,2,4-7H2/b3-1+. The van der Waals surface area contributed by atoms with E-state index in [1.54, 1.807) is 0 Å². The van der Waals surface area contributed by atoms with Crippen LogP contribution in [0.25, 0.3) is 0 Å². The van der Waals surface area contributed by atoms with Crippen molar-refractivity contribution in [2.75, 3.05) is 6.67 Å². The van der Waals surface area contributed by atoms with E-state index in [2.05, 4.69) is 0 Å². The average molecular weight is 156 g/mol. The molecule has 1 saturated carbocycles. The minimum Gasteiger partial charge on any atom is -0.300 e. The van der Waals surface area contributed by atoms with Crippen LogP contribution in [0, 0.1) is 5.92 Å². The van der Waals surface area contributed by atoms with Gasteiger partial charge in [-0.3, -0.25) is 9.18 Å². The third-order valence-corrected chi connectivity index (χ3v) is 1.97. The second-order valence-electron chi connectivity index (χ2n) is 2.95. The molecule has 0 aromatic carbocycles. The fraction of sp³-hybridized carbons (Fsp3) is 0.667. The molecule has 1 unspecified atom stereocenters. The molecule has 1 rings (SSSR count).